The van der Waals surface area contributed by atoms with Crippen LogP contribution in [0.25, 0.3) is 0 Å². The Kier molecular flexibility index (Phi) is 5.38. The molecule has 2 amide bonds. The van der Waals surface area contributed by atoms with Crippen molar-refractivity contribution in [2.75, 3.05) is 5.32 Å². The molecular weight excluding hydrogens is 424 g/mol. The molecule has 0 spiro atoms. The summed E-state index contributed by atoms with van der Waals surface area (Å²) in [5, 5.41) is 14.3. The molecule has 1 aromatic carbocycles. The molecule has 0 aliphatic rings. The van der Waals surface area contributed by atoms with Crippen LogP contribution in [0, 0.1) is 0 Å². The third-order valence-corrected chi connectivity index (χ3v) is 4.83. The lowest BCUT2D eigenvalue weighted by molar-refractivity contribution is 0.0697. The zero-order chi connectivity index (χ0) is 15.4. The van der Waals surface area contributed by atoms with Gasteiger partial charge in [0.15, 0.2) is 0 Å². The number of aromatic carboxylic acids is 1. The number of nitrogens with one attached hydrogen (secondary N) is 2. The average molecular weight is 434 g/mol. The molecule has 0 unspecified atom stereocenters. The summed E-state index contributed by atoms with van der Waals surface area (Å²) in [5.74, 6) is -1.05. The topological polar surface area (TPSA) is 78.4 Å². The first-order chi connectivity index (χ1) is 9.95. The predicted octanol–water partition coefficient (Wildman–Crippen LogP) is 4.29. The van der Waals surface area contributed by atoms with Gasteiger partial charge in [0, 0.05) is 9.35 Å². The first-order valence-corrected chi connectivity index (χ1v) is 8.18. The summed E-state index contributed by atoms with van der Waals surface area (Å²) in [6, 6.07) is 7.85. The number of carboxylic acids is 1. The SMILES string of the molecule is O=C(NCc1ccc(Br)s1)Nc1cc(C(=O)O)ccc1Br. The van der Waals surface area contributed by atoms with Gasteiger partial charge in [-0.3, -0.25) is 0 Å². The minimum absolute atomic E-state index is 0.107. The van der Waals surface area contributed by atoms with E-state index >= 15 is 0 Å². The van der Waals surface area contributed by atoms with E-state index in [9.17, 15) is 9.59 Å². The van der Waals surface area contributed by atoms with Crippen molar-refractivity contribution < 1.29 is 14.7 Å². The molecule has 3 N–H and O–H groups in total. The second kappa shape index (κ2) is 7.06. The summed E-state index contributed by atoms with van der Waals surface area (Å²) in [6.45, 7) is 0.401. The Bertz CT molecular complexity index is 688. The molecule has 0 saturated carbocycles. The fraction of sp³-hybridized carbons (Fsp3) is 0.0769. The van der Waals surface area contributed by atoms with Crippen LogP contribution in [0.1, 0.15) is 15.2 Å². The third-order valence-electron chi connectivity index (χ3n) is 2.51. The van der Waals surface area contributed by atoms with Crippen LogP contribution in [0.4, 0.5) is 10.5 Å². The molecule has 8 heteroatoms. The van der Waals surface area contributed by atoms with Gasteiger partial charge in [0.05, 0.1) is 21.6 Å². The number of halogens is 2. The molecule has 0 aliphatic carbocycles. The molecule has 2 rings (SSSR count). The van der Waals surface area contributed by atoms with E-state index in [0.29, 0.717) is 16.7 Å². The number of carboxylic acid groups (broad SMARTS) is 1. The van der Waals surface area contributed by atoms with E-state index in [4.69, 9.17) is 5.11 Å². The molecule has 21 heavy (non-hydrogen) atoms. The number of thiophene rings is 1. The van der Waals surface area contributed by atoms with Crippen LogP contribution in [0.15, 0.2) is 38.6 Å². The van der Waals surface area contributed by atoms with Crippen LogP contribution in [0.3, 0.4) is 0 Å². The number of benzene rings is 1. The highest BCUT2D eigenvalue weighted by Gasteiger charge is 2.10. The second-order valence-electron chi connectivity index (χ2n) is 4.01. The number of hydrogen-bond acceptors (Lipinski definition) is 3. The maximum atomic E-state index is 11.8. The van der Waals surface area contributed by atoms with Gasteiger partial charge in [-0.15, -0.1) is 11.3 Å². The van der Waals surface area contributed by atoms with Crippen LogP contribution < -0.4 is 10.6 Å². The zero-order valence-corrected chi connectivity index (χ0v) is 14.5. The van der Waals surface area contributed by atoms with Gasteiger partial charge < -0.3 is 15.7 Å². The summed E-state index contributed by atoms with van der Waals surface area (Å²) in [7, 11) is 0. The summed E-state index contributed by atoms with van der Waals surface area (Å²) < 4.78 is 1.61. The van der Waals surface area contributed by atoms with Gasteiger partial charge in [-0.1, -0.05) is 0 Å². The summed E-state index contributed by atoms with van der Waals surface area (Å²) in [5.41, 5.74) is 0.510. The molecule has 0 bridgehead atoms. The Balaban J connectivity index is 1.99. The fourth-order valence-electron chi connectivity index (χ4n) is 1.53. The smallest absolute Gasteiger partial charge is 0.335 e. The Morgan fingerprint density at radius 3 is 2.57 bits per heavy atom. The number of rotatable bonds is 4. The van der Waals surface area contributed by atoms with Crippen molar-refractivity contribution in [3.05, 3.63) is 49.0 Å². The maximum absolute atomic E-state index is 11.8. The normalized spacial score (nSPS) is 10.2. The van der Waals surface area contributed by atoms with Crippen LogP contribution >= 0.6 is 43.2 Å². The lowest BCUT2D eigenvalue weighted by Crippen LogP contribution is -2.28. The molecule has 2 aromatic rings. The van der Waals surface area contributed by atoms with E-state index in [2.05, 4.69) is 42.5 Å². The number of anilines is 1. The van der Waals surface area contributed by atoms with Gasteiger partial charge in [0.2, 0.25) is 0 Å². The van der Waals surface area contributed by atoms with Gasteiger partial charge >= 0.3 is 12.0 Å². The van der Waals surface area contributed by atoms with Gasteiger partial charge in [-0.05, 0) is 62.2 Å². The van der Waals surface area contributed by atoms with Gasteiger partial charge in [0.25, 0.3) is 0 Å². The predicted molar refractivity (Wildman–Crippen MR) is 89.0 cm³/mol. The minimum Gasteiger partial charge on any atom is -0.478 e. The largest absolute Gasteiger partial charge is 0.478 e. The highest BCUT2D eigenvalue weighted by atomic mass is 79.9. The molecule has 0 fully saturated rings. The molecule has 1 aromatic heterocycles. The van der Waals surface area contributed by atoms with E-state index < -0.39 is 12.0 Å². The number of urea groups is 1. The molecule has 0 radical (unpaired) electrons. The molecule has 0 aliphatic heterocycles. The van der Waals surface area contributed by atoms with E-state index in [1.807, 2.05) is 12.1 Å². The first kappa shape index (κ1) is 16.0. The maximum Gasteiger partial charge on any atom is 0.335 e. The van der Waals surface area contributed by atoms with Gasteiger partial charge in [0.1, 0.15) is 0 Å². The van der Waals surface area contributed by atoms with E-state index in [1.54, 1.807) is 6.07 Å². The highest BCUT2D eigenvalue weighted by Crippen LogP contribution is 2.24. The Morgan fingerprint density at radius 2 is 1.95 bits per heavy atom. The third kappa shape index (κ3) is 4.55. The summed E-state index contributed by atoms with van der Waals surface area (Å²) in [6.07, 6.45) is 0. The van der Waals surface area contributed by atoms with Crippen molar-refractivity contribution in [2.24, 2.45) is 0 Å². The quantitative estimate of drug-likeness (QED) is 0.672. The van der Waals surface area contributed by atoms with Crippen molar-refractivity contribution in [1.82, 2.24) is 5.32 Å². The monoisotopic (exact) mass is 432 g/mol. The highest BCUT2D eigenvalue weighted by molar-refractivity contribution is 9.11. The van der Waals surface area contributed by atoms with E-state index in [-0.39, 0.29) is 5.56 Å². The lowest BCUT2D eigenvalue weighted by Gasteiger charge is -2.09. The van der Waals surface area contributed by atoms with E-state index in [0.717, 1.165) is 8.66 Å². The van der Waals surface area contributed by atoms with Crippen LogP contribution in [0.2, 0.25) is 0 Å². The van der Waals surface area contributed by atoms with Crippen molar-refractivity contribution in [3.8, 4) is 0 Å². The van der Waals surface area contributed by atoms with Crippen molar-refractivity contribution in [1.29, 1.82) is 0 Å². The molecule has 1 heterocycles. The summed E-state index contributed by atoms with van der Waals surface area (Å²) >= 11 is 8.15. The molecular formula is C13H10Br2N2O3S. The van der Waals surface area contributed by atoms with Crippen LogP contribution in [-0.2, 0) is 6.54 Å². The molecule has 110 valence electrons. The average Bonchev–Trinajstić information content (AvgIpc) is 2.84. The fourth-order valence-corrected chi connectivity index (χ4v) is 3.30. The second-order valence-corrected chi connectivity index (χ2v) is 7.42. The minimum atomic E-state index is -1.05. The molecule has 0 saturated heterocycles. The Hall–Kier alpha value is -1.38. The lowest BCUT2D eigenvalue weighted by atomic mass is 10.2. The van der Waals surface area contributed by atoms with Crippen molar-refractivity contribution >= 4 is 60.9 Å². The number of carbonyl (C=O) groups excluding carboxylic acids is 1. The van der Waals surface area contributed by atoms with Crippen LogP contribution in [-0.4, -0.2) is 17.1 Å². The number of hydrogen-bond donors (Lipinski definition) is 3. The first-order valence-electron chi connectivity index (χ1n) is 5.77. The van der Waals surface area contributed by atoms with Crippen molar-refractivity contribution in [2.45, 2.75) is 6.54 Å². The number of amides is 2. The number of carbonyl (C=O) groups is 2. The molecule has 0 atom stereocenters. The summed E-state index contributed by atoms with van der Waals surface area (Å²) in [4.78, 5) is 23.8. The van der Waals surface area contributed by atoms with Crippen LogP contribution in [0.5, 0.6) is 0 Å². The van der Waals surface area contributed by atoms with Gasteiger partial charge in [-0.25, -0.2) is 9.59 Å². The molecule has 5 nitrogen and oxygen atoms in total. The van der Waals surface area contributed by atoms with E-state index in [1.165, 1.54) is 23.5 Å². The Morgan fingerprint density at radius 1 is 1.19 bits per heavy atom. The Labute approximate surface area is 141 Å². The zero-order valence-electron chi connectivity index (χ0n) is 10.5. The van der Waals surface area contributed by atoms with Crippen molar-refractivity contribution in [3.63, 3.8) is 0 Å². The standard InChI is InChI=1S/C13H10Br2N2O3S/c14-9-3-1-7(12(18)19)5-10(9)17-13(20)16-6-8-2-4-11(15)21-8/h1-5H,6H2,(H,18,19)(H2,16,17,20). The van der Waals surface area contributed by atoms with Gasteiger partial charge in [-0.2, -0.15) is 0 Å².